The summed E-state index contributed by atoms with van der Waals surface area (Å²) in [7, 11) is 0. The van der Waals surface area contributed by atoms with Crippen molar-refractivity contribution in [1.82, 2.24) is 9.78 Å². The van der Waals surface area contributed by atoms with Crippen LogP contribution in [-0.4, -0.2) is 15.7 Å². The molecule has 2 heterocycles. The standard InChI is InChI=1S/C13H10N4O/c1-8-11-10(7-14)12(15)18-13(11)17(16-8)9-5-3-2-4-6-9/h2-6,10,15H,1H3. The minimum absolute atomic E-state index is 0.0299. The first-order chi connectivity index (χ1) is 8.72. The number of benzene rings is 1. The molecular formula is C13H10N4O. The van der Waals surface area contributed by atoms with Gasteiger partial charge in [0.1, 0.15) is 0 Å². The molecule has 1 aromatic heterocycles. The van der Waals surface area contributed by atoms with Crippen LogP contribution < -0.4 is 4.74 Å². The molecule has 0 fully saturated rings. The molecule has 5 nitrogen and oxygen atoms in total. The van der Waals surface area contributed by atoms with E-state index in [-0.39, 0.29) is 5.90 Å². The topological polar surface area (TPSA) is 74.7 Å². The van der Waals surface area contributed by atoms with Gasteiger partial charge in [-0.15, -0.1) is 0 Å². The smallest absolute Gasteiger partial charge is 0.229 e. The summed E-state index contributed by atoms with van der Waals surface area (Å²) in [5.74, 6) is -0.189. The fourth-order valence-corrected chi connectivity index (χ4v) is 2.11. The Balaban J connectivity index is 2.20. The minimum Gasteiger partial charge on any atom is -0.423 e. The second kappa shape index (κ2) is 3.70. The third kappa shape index (κ3) is 1.32. The number of ether oxygens (including phenoxy) is 1. The van der Waals surface area contributed by atoms with Crippen molar-refractivity contribution in [2.75, 3.05) is 0 Å². The fraction of sp³-hybridized carbons (Fsp3) is 0.154. The van der Waals surface area contributed by atoms with Gasteiger partial charge in [0.05, 0.1) is 23.0 Å². The van der Waals surface area contributed by atoms with E-state index < -0.39 is 5.92 Å². The molecule has 0 spiro atoms. The summed E-state index contributed by atoms with van der Waals surface area (Å²) < 4.78 is 7.01. The minimum atomic E-state index is -0.641. The molecule has 0 bridgehead atoms. The largest absolute Gasteiger partial charge is 0.423 e. The molecule has 2 aromatic rings. The summed E-state index contributed by atoms with van der Waals surface area (Å²) in [5.41, 5.74) is 2.28. The highest BCUT2D eigenvalue weighted by Gasteiger charge is 2.36. The van der Waals surface area contributed by atoms with Crippen molar-refractivity contribution in [3.8, 4) is 17.6 Å². The molecule has 1 atom stereocenters. The first kappa shape index (κ1) is 10.5. The van der Waals surface area contributed by atoms with Gasteiger partial charge in [-0.05, 0) is 19.1 Å². The maximum Gasteiger partial charge on any atom is 0.229 e. The molecule has 0 saturated carbocycles. The third-order valence-electron chi connectivity index (χ3n) is 2.95. The van der Waals surface area contributed by atoms with E-state index >= 15 is 0 Å². The van der Waals surface area contributed by atoms with Gasteiger partial charge >= 0.3 is 0 Å². The molecule has 1 aliphatic heterocycles. The zero-order valence-electron chi connectivity index (χ0n) is 9.71. The van der Waals surface area contributed by atoms with Gasteiger partial charge in [0, 0.05) is 0 Å². The molecule has 88 valence electrons. The van der Waals surface area contributed by atoms with Gasteiger partial charge in [-0.25, -0.2) is 4.68 Å². The zero-order valence-corrected chi connectivity index (χ0v) is 9.71. The Kier molecular flexibility index (Phi) is 2.17. The van der Waals surface area contributed by atoms with Crippen LogP contribution in [0.3, 0.4) is 0 Å². The third-order valence-corrected chi connectivity index (χ3v) is 2.95. The van der Waals surface area contributed by atoms with E-state index in [1.165, 1.54) is 0 Å². The first-order valence-corrected chi connectivity index (χ1v) is 5.53. The number of fused-ring (bicyclic) bond motifs is 1. The summed E-state index contributed by atoms with van der Waals surface area (Å²) in [4.78, 5) is 0. The van der Waals surface area contributed by atoms with Crippen LogP contribution >= 0.6 is 0 Å². The Morgan fingerprint density at radius 1 is 1.39 bits per heavy atom. The molecule has 3 rings (SSSR count). The Morgan fingerprint density at radius 3 is 2.78 bits per heavy atom. The average Bonchev–Trinajstić information content (AvgIpc) is 2.87. The number of rotatable bonds is 1. The second-order valence-corrected chi connectivity index (χ2v) is 4.08. The molecule has 0 amide bonds. The maximum absolute atomic E-state index is 9.08. The van der Waals surface area contributed by atoms with E-state index in [0.717, 1.165) is 11.4 Å². The molecule has 0 aliphatic carbocycles. The first-order valence-electron chi connectivity index (χ1n) is 5.53. The van der Waals surface area contributed by atoms with E-state index in [9.17, 15) is 0 Å². The van der Waals surface area contributed by atoms with Crippen LogP contribution in [0.2, 0.25) is 0 Å². The van der Waals surface area contributed by atoms with Crippen LogP contribution in [-0.2, 0) is 0 Å². The van der Waals surface area contributed by atoms with E-state index in [0.29, 0.717) is 11.4 Å². The fourth-order valence-electron chi connectivity index (χ4n) is 2.11. The van der Waals surface area contributed by atoms with Gasteiger partial charge in [0.25, 0.3) is 0 Å². The Labute approximate surface area is 104 Å². The van der Waals surface area contributed by atoms with Crippen LogP contribution in [0.4, 0.5) is 0 Å². The summed E-state index contributed by atoms with van der Waals surface area (Å²) >= 11 is 0. The van der Waals surface area contributed by atoms with Crippen LogP contribution in [0.1, 0.15) is 17.2 Å². The summed E-state index contributed by atoms with van der Waals surface area (Å²) in [5, 5.41) is 21.1. The van der Waals surface area contributed by atoms with Crippen molar-refractivity contribution in [1.29, 1.82) is 10.7 Å². The van der Waals surface area contributed by atoms with Gasteiger partial charge in [0.2, 0.25) is 11.8 Å². The van der Waals surface area contributed by atoms with E-state index in [1.807, 2.05) is 37.3 Å². The lowest BCUT2D eigenvalue weighted by Gasteiger charge is -2.04. The molecule has 1 aliphatic rings. The number of hydrogen-bond donors (Lipinski definition) is 1. The number of nitrogens with zero attached hydrogens (tertiary/aromatic N) is 3. The molecular weight excluding hydrogens is 228 g/mol. The molecule has 18 heavy (non-hydrogen) atoms. The summed E-state index contributed by atoms with van der Waals surface area (Å²) in [6.45, 7) is 1.82. The second-order valence-electron chi connectivity index (χ2n) is 4.08. The molecule has 1 aromatic carbocycles. The number of nitriles is 1. The molecule has 0 radical (unpaired) electrons. The molecule has 0 saturated heterocycles. The Hall–Kier alpha value is -2.61. The van der Waals surface area contributed by atoms with Crippen molar-refractivity contribution in [2.24, 2.45) is 0 Å². The lowest BCUT2D eigenvalue weighted by molar-refractivity contribution is 0.508. The lowest BCUT2D eigenvalue weighted by atomic mass is 10.0. The van der Waals surface area contributed by atoms with E-state index in [2.05, 4.69) is 11.2 Å². The number of hydrogen-bond acceptors (Lipinski definition) is 4. The van der Waals surface area contributed by atoms with Crippen molar-refractivity contribution in [3.63, 3.8) is 0 Å². The highest BCUT2D eigenvalue weighted by molar-refractivity contribution is 5.91. The SMILES string of the molecule is Cc1nn(-c2ccccc2)c2c1C(C#N)C(=N)O2. The van der Waals surface area contributed by atoms with Crippen LogP contribution in [0.5, 0.6) is 5.88 Å². The molecule has 1 unspecified atom stereocenters. The van der Waals surface area contributed by atoms with E-state index in [4.69, 9.17) is 15.4 Å². The van der Waals surface area contributed by atoms with Crippen molar-refractivity contribution in [2.45, 2.75) is 12.8 Å². The van der Waals surface area contributed by atoms with Gasteiger partial charge in [-0.2, -0.15) is 10.4 Å². The lowest BCUT2D eigenvalue weighted by Crippen LogP contribution is -2.10. The van der Waals surface area contributed by atoms with Crippen molar-refractivity contribution < 1.29 is 4.74 Å². The summed E-state index contributed by atoms with van der Waals surface area (Å²) in [6.07, 6.45) is 0. The number of nitrogens with one attached hydrogen (secondary N) is 1. The van der Waals surface area contributed by atoms with Gasteiger partial charge in [-0.1, -0.05) is 18.2 Å². The van der Waals surface area contributed by atoms with Crippen LogP contribution in [0.15, 0.2) is 30.3 Å². The Morgan fingerprint density at radius 2 is 2.11 bits per heavy atom. The van der Waals surface area contributed by atoms with Gasteiger partial charge < -0.3 is 4.74 Å². The highest BCUT2D eigenvalue weighted by atomic mass is 16.5. The van der Waals surface area contributed by atoms with Crippen molar-refractivity contribution in [3.05, 3.63) is 41.6 Å². The normalized spacial score (nSPS) is 17.1. The predicted octanol–water partition coefficient (Wildman–Crippen LogP) is 2.16. The molecule has 5 heteroatoms. The highest BCUT2D eigenvalue weighted by Crippen LogP contribution is 2.38. The number of aryl methyl sites for hydroxylation is 1. The summed E-state index contributed by atoms with van der Waals surface area (Å²) in [6, 6.07) is 11.6. The van der Waals surface area contributed by atoms with Crippen LogP contribution in [0, 0.1) is 23.7 Å². The average molecular weight is 238 g/mol. The number of para-hydroxylation sites is 1. The maximum atomic E-state index is 9.08. The van der Waals surface area contributed by atoms with Crippen molar-refractivity contribution >= 4 is 5.90 Å². The molecule has 1 N–H and O–H groups in total. The Bertz CT molecular complexity index is 666. The van der Waals surface area contributed by atoms with E-state index in [1.54, 1.807) is 4.68 Å². The predicted molar refractivity (Wildman–Crippen MR) is 65.0 cm³/mol. The quantitative estimate of drug-likeness (QED) is 0.827. The van der Waals surface area contributed by atoms with Gasteiger partial charge in [-0.3, -0.25) is 5.41 Å². The van der Waals surface area contributed by atoms with Gasteiger partial charge in [0.15, 0.2) is 5.92 Å². The zero-order chi connectivity index (χ0) is 12.7. The van der Waals surface area contributed by atoms with Crippen LogP contribution in [0.25, 0.3) is 5.69 Å². The number of aromatic nitrogens is 2. The monoisotopic (exact) mass is 238 g/mol.